The van der Waals surface area contributed by atoms with Gasteiger partial charge in [-0.1, -0.05) is 18.2 Å². The Bertz CT molecular complexity index is 1500. The third-order valence-electron chi connectivity index (χ3n) is 5.63. The van der Waals surface area contributed by atoms with Crippen molar-refractivity contribution in [1.29, 1.82) is 0 Å². The molecule has 4 aromatic rings. The van der Waals surface area contributed by atoms with Gasteiger partial charge in [-0.05, 0) is 75.2 Å². The van der Waals surface area contributed by atoms with Crippen LogP contribution >= 0.6 is 0 Å². The highest BCUT2D eigenvalue weighted by atomic mass is 32.2. The summed E-state index contributed by atoms with van der Waals surface area (Å²) in [5.41, 5.74) is 2.77. The summed E-state index contributed by atoms with van der Waals surface area (Å²) in [7, 11) is -3.78. The predicted molar refractivity (Wildman–Crippen MR) is 141 cm³/mol. The first kappa shape index (κ1) is 26.4. The van der Waals surface area contributed by atoms with Crippen LogP contribution in [0.2, 0.25) is 0 Å². The van der Waals surface area contributed by atoms with Crippen molar-refractivity contribution in [2.75, 3.05) is 18.4 Å². The average molecular weight is 526 g/mol. The number of halogens is 2. The Morgan fingerprint density at radius 3 is 2.35 bits per heavy atom. The van der Waals surface area contributed by atoms with E-state index in [4.69, 9.17) is 5.10 Å². The molecule has 10 heteroatoms. The minimum Gasteiger partial charge on any atom is -0.370 e. The van der Waals surface area contributed by atoms with Crippen LogP contribution in [0, 0.1) is 11.6 Å². The van der Waals surface area contributed by atoms with Gasteiger partial charge < -0.3 is 5.32 Å². The zero-order valence-electron chi connectivity index (χ0n) is 20.9. The fraction of sp³-hybridized carbons (Fsp3) is 0.259. The summed E-state index contributed by atoms with van der Waals surface area (Å²) in [5.74, 6) is -0.331. The van der Waals surface area contributed by atoms with Crippen molar-refractivity contribution in [2.24, 2.45) is 0 Å². The summed E-state index contributed by atoms with van der Waals surface area (Å²) in [5, 5.41) is 7.96. The van der Waals surface area contributed by atoms with Gasteiger partial charge in [0, 0.05) is 36.6 Å². The second-order valence-electron chi connectivity index (χ2n) is 9.58. The van der Waals surface area contributed by atoms with Gasteiger partial charge in [0.25, 0.3) is 0 Å². The van der Waals surface area contributed by atoms with Gasteiger partial charge in [0.2, 0.25) is 10.0 Å². The third kappa shape index (κ3) is 6.58. The molecule has 0 fully saturated rings. The van der Waals surface area contributed by atoms with Gasteiger partial charge in [-0.15, -0.1) is 0 Å². The third-order valence-corrected chi connectivity index (χ3v) is 7.09. The molecule has 0 unspecified atom stereocenters. The molecule has 0 saturated carbocycles. The fourth-order valence-corrected chi connectivity index (χ4v) is 4.81. The lowest BCUT2D eigenvalue weighted by atomic mass is 10.0. The lowest BCUT2D eigenvalue weighted by Crippen LogP contribution is -2.26. The first-order chi connectivity index (χ1) is 17.5. The number of benzene rings is 2. The van der Waals surface area contributed by atoms with E-state index in [1.807, 2.05) is 49.8 Å². The second-order valence-corrected chi connectivity index (χ2v) is 11.3. The van der Waals surface area contributed by atoms with Crippen LogP contribution in [0.15, 0.2) is 78.0 Å². The van der Waals surface area contributed by atoms with E-state index in [2.05, 4.69) is 15.0 Å². The fourth-order valence-electron chi connectivity index (χ4n) is 3.70. The maximum atomic E-state index is 14.0. The highest BCUT2D eigenvalue weighted by Crippen LogP contribution is 2.34. The Labute approximate surface area is 215 Å². The molecule has 2 aromatic heterocycles. The van der Waals surface area contributed by atoms with Crippen molar-refractivity contribution in [3.8, 4) is 22.4 Å². The standard InChI is InChI=1S/C27H29F2N5O2S/c1-27(2,3)34-18-24(26(33-34)20-7-4-8-21(28)15-20)19-11-14-31-25(16-19)30-12-6-13-32-37(35,36)23-10-5-9-22(29)17-23/h4-5,7-11,14-18,32H,6,12-13H2,1-3H3,(H,30,31). The van der Waals surface area contributed by atoms with Gasteiger partial charge in [-0.2, -0.15) is 5.10 Å². The van der Waals surface area contributed by atoms with E-state index in [-0.39, 0.29) is 22.8 Å². The zero-order valence-corrected chi connectivity index (χ0v) is 21.7. The van der Waals surface area contributed by atoms with Crippen molar-refractivity contribution in [3.63, 3.8) is 0 Å². The first-order valence-corrected chi connectivity index (χ1v) is 13.3. The maximum Gasteiger partial charge on any atom is 0.240 e. The van der Waals surface area contributed by atoms with E-state index in [0.717, 1.165) is 17.2 Å². The summed E-state index contributed by atoms with van der Waals surface area (Å²) >= 11 is 0. The number of sulfonamides is 1. The van der Waals surface area contributed by atoms with Crippen LogP contribution in [0.3, 0.4) is 0 Å². The molecule has 0 saturated heterocycles. The highest BCUT2D eigenvalue weighted by Gasteiger charge is 2.20. The predicted octanol–water partition coefficient (Wildman–Crippen LogP) is 5.43. The number of rotatable bonds is 9. The van der Waals surface area contributed by atoms with Gasteiger partial charge in [-0.25, -0.2) is 26.9 Å². The van der Waals surface area contributed by atoms with E-state index in [1.165, 1.54) is 30.3 Å². The molecule has 2 N–H and O–H groups in total. The van der Waals surface area contributed by atoms with Crippen LogP contribution in [-0.4, -0.2) is 36.3 Å². The molecule has 2 heterocycles. The molecular weight excluding hydrogens is 496 g/mol. The summed E-state index contributed by atoms with van der Waals surface area (Å²) in [6, 6.07) is 15.0. The van der Waals surface area contributed by atoms with Crippen molar-refractivity contribution in [3.05, 3.63) is 84.7 Å². The maximum absolute atomic E-state index is 14.0. The quantitative estimate of drug-likeness (QED) is 0.285. The minimum atomic E-state index is -3.78. The Kier molecular flexibility index (Phi) is 7.70. The molecule has 2 aromatic carbocycles. The second kappa shape index (κ2) is 10.8. The Morgan fingerprint density at radius 2 is 1.65 bits per heavy atom. The van der Waals surface area contributed by atoms with Crippen molar-refractivity contribution in [1.82, 2.24) is 19.5 Å². The molecule has 7 nitrogen and oxygen atoms in total. The summed E-state index contributed by atoms with van der Waals surface area (Å²) < 4.78 is 56.3. The molecule has 0 atom stereocenters. The molecule has 0 aliphatic carbocycles. The van der Waals surface area contributed by atoms with Crippen molar-refractivity contribution in [2.45, 2.75) is 37.6 Å². The Hall–Kier alpha value is -3.63. The largest absolute Gasteiger partial charge is 0.370 e. The summed E-state index contributed by atoms with van der Waals surface area (Å²) in [6.45, 7) is 6.76. The topological polar surface area (TPSA) is 88.9 Å². The molecule has 37 heavy (non-hydrogen) atoms. The zero-order chi connectivity index (χ0) is 26.6. The molecule has 0 amide bonds. The van der Waals surface area contributed by atoms with E-state index in [9.17, 15) is 17.2 Å². The van der Waals surface area contributed by atoms with Gasteiger partial charge in [0.1, 0.15) is 23.1 Å². The molecule has 0 bridgehead atoms. The first-order valence-electron chi connectivity index (χ1n) is 11.8. The normalized spacial score (nSPS) is 12.0. The average Bonchev–Trinajstić information content (AvgIpc) is 3.30. The smallest absolute Gasteiger partial charge is 0.240 e. The van der Waals surface area contributed by atoms with Crippen molar-refractivity contribution >= 4 is 15.8 Å². The summed E-state index contributed by atoms with van der Waals surface area (Å²) in [4.78, 5) is 4.25. The van der Waals surface area contributed by atoms with Crippen LogP contribution in [0.4, 0.5) is 14.6 Å². The van der Waals surface area contributed by atoms with Gasteiger partial charge in [0.15, 0.2) is 0 Å². The highest BCUT2D eigenvalue weighted by molar-refractivity contribution is 7.89. The van der Waals surface area contributed by atoms with Gasteiger partial charge in [-0.3, -0.25) is 4.68 Å². The monoisotopic (exact) mass is 525 g/mol. The minimum absolute atomic E-state index is 0.111. The van der Waals surface area contributed by atoms with Crippen LogP contribution in [0.5, 0.6) is 0 Å². The number of anilines is 1. The Morgan fingerprint density at radius 1 is 0.919 bits per heavy atom. The Balaban J connectivity index is 1.46. The van der Waals surface area contributed by atoms with Crippen LogP contribution in [-0.2, 0) is 15.6 Å². The number of nitrogens with one attached hydrogen (secondary N) is 2. The molecule has 194 valence electrons. The molecule has 4 rings (SSSR count). The number of hydrogen-bond acceptors (Lipinski definition) is 5. The number of hydrogen-bond donors (Lipinski definition) is 2. The molecule has 0 spiro atoms. The van der Waals surface area contributed by atoms with E-state index >= 15 is 0 Å². The molecule has 0 aliphatic heterocycles. The van der Waals surface area contributed by atoms with E-state index < -0.39 is 15.8 Å². The lowest BCUT2D eigenvalue weighted by molar-refractivity contribution is 0.356. The van der Waals surface area contributed by atoms with Gasteiger partial charge in [0.05, 0.1) is 10.4 Å². The van der Waals surface area contributed by atoms with Crippen LogP contribution in [0.25, 0.3) is 22.4 Å². The van der Waals surface area contributed by atoms with Crippen LogP contribution < -0.4 is 10.0 Å². The van der Waals surface area contributed by atoms with Crippen molar-refractivity contribution < 1.29 is 17.2 Å². The van der Waals surface area contributed by atoms with Crippen LogP contribution in [0.1, 0.15) is 27.2 Å². The van der Waals surface area contributed by atoms with Gasteiger partial charge >= 0.3 is 0 Å². The van der Waals surface area contributed by atoms with E-state index in [1.54, 1.807) is 12.3 Å². The molecule has 0 radical (unpaired) electrons. The number of aromatic nitrogens is 3. The van der Waals surface area contributed by atoms with E-state index in [0.29, 0.717) is 30.0 Å². The molecule has 0 aliphatic rings. The SMILES string of the molecule is CC(C)(C)n1cc(-c2ccnc(NCCCNS(=O)(=O)c3cccc(F)c3)c2)c(-c2cccc(F)c2)n1. The summed E-state index contributed by atoms with van der Waals surface area (Å²) in [6.07, 6.45) is 4.10. The lowest BCUT2D eigenvalue weighted by Gasteiger charge is -2.18. The number of pyridine rings is 1. The number of nitrogens with zero attached hydrogens (tertiary/aromatic N) is 3. The molecular formula is C27H29F2N5O2S.